The van der Waals surface area contributed by atoms with E-state index in [1.165, 1.54) is 0 Å². The number of anilines is 2. The van der Waals surface area contributed by atoms with Crippen LogP contribution >= 0.6 is 15.9 Å². The lowest BCUT2D eigenvalue weighted by Crippen LogP contribution is -2.26. The third-order valence-electron chi connectivity index (χ3n) is 3.95. The molecule has 0 saturated heterocycles. The summed E-state index contributed by atoms with van der Waals surface area (Å²) in [5.41, 5.74) is 5.56. The highest BCUT2D eigenvalue weighted by atomic mass is 79.9. The summed E-state index contributed by atoms with van der Waals surface area (Å²) in [7, 11) is 3.90. The van der Waals surface area contributed by atoms with E-state index >= 15 is 0 Å². The van der Waals surface area contributed by atoms with E-state index in [-0.39, 0.29) is 18.9 Å². The lowest BCUT2D eigenvalue weighted by Gasteiger charge is -2.13. The number of carbonyl (C=O) groups is 2. The Balaban J connectivity index is 1.78. The number of hydrogen-bond donors (Lipinski definition) is 2. The lowest BCUT2D eigenvalue weighted by molar-refractivity contribution is -0.123. The van der Waals surface area contributed by atoms with Crippen molar-refractivity contribution in [3.8, 4) is 5.75 Å². The molecule has 8 heteroatoms. The number of rotatable bonds is 8. The molecule has 0 unspecified atom stereocenters. The minimum absolute atomic E-state index is 0.0718. The fourth-order valence-corrected chi connectivity index (χ4v) is 2.90. The third kappa shape index (κ3) is 7.57. The summed E-state index contributed by atoms with van der Waals surface area (Å²) in [6.07, 6.45) is 0.0718. The Bertz CT molecular complexity index is 895. The summed E-state index contributed by atoms with van der Waals surface area (Å²) in [6.45, 7) is 3.41. The number of benzene rings is 2. The Kier molecular flexibility index (Phi) is 8.21. The number of halogens is 1. The van der Waals surface area contributed by atoms with Gasteiger partial charge >= 0.3 is 0 Å². The Morgan fingerprint density at radius 2 is 1.79 bits per heavy atom. The molecule has 0 aliphatic rings. The molecule has 154 valence electrons. The van der Waals surface area contributed by atoms with Crippen LogP contribution in [0.2, 0.25) is 0 Å². The maximum atomic E-state index is 12.1. The standard InChI is InChI=1S/C21H25BrN4O3/c1-14-11-16(22)5-10-19(14)29-13-21(28)25-24-15(2)12-20(27)23-17-6-8-18(9-7-17)26(3)4/h5-11H,12-13H2,1-4H3,(H,23,27)(H,25,28)/b24-15+. The van der Waals surface area contributed by atoms with Crippen LogP contribution in [0.1, 0.15) is 18.9 Å². The van der Waals surface area contributed by atoms with E-state index in [9.17, 15) is 9.59 Å². The minimum atomic E-state index is -0.397. The Hall–Kier alpha value is -2.87. The number of carbonyl (C=O) groups excluding carboxylic acids is 2. The van der Waals surface area contributed by atoms with Crippen LogP contribution in [0.4, 0.5) is 11.4 Å². The minimum Gasteiger partial charge on any atom is -0.483 e. The van der Waals surface area contributed by atoms with Crippen LogP contribution in [0.3, 0.4) is 0 Å². The van der Waals surface area contributed by atoms with Gasteiger partial charge in [-0.1, -0.05) is 15.9 Å². The van der Waals surface area contributed by atoms with E-state index in [1.807, 2.05) is 62.3 Å². The molecule has 2 aromatic carbocycles. The molecule has 0 radical (unpaired) electrons. The van der Waals surface area contributed by atoms with E-state index in [4.69, 9.17) is 4.74 Å². The maximum absolute atomic E-state index is 12.1. The molecular formula is C21H25BrN4O3. The number of aryl methyl sites for hydroxylation is 1. The first-order chi connectivity index (χ1) is 13.7. The van der Waals surface area contributed by atoms with Gasteiger partial charge in [0.1, 0.15) is 5.75 Å². The van der Waals surface area contributed by atoms with E-state index in [0.29, 0.717) is 17.1 Å². The van der Waals surface area contributed by atoms with E-state index in [0.717, 1.165) is 15.7 Å². The lowest BCUT2D eigenvalue weighted by atomic mass is 10.2. The van der Waals surface area contributed by atoms with Gasteiger partial charge in [-0.15, -0.1) is 0 Å². The molecule has 0 bridgehead atoms. The second-order valence-corrected chi connectivity index (χ2v) is 7.66. The highest BCUT2D eigenvalue weighted by Gasteiger charge is 2.08. The van der Waals surface area contributed by atoms with Gasteiger partial charge in [-0.25, -0.2) is 5.43 Å². The van der Waals surface area contributed by atoms with E-state index in [1.54, 1.807) is 13.0 Å². The van der Waals surface area contributed by atoms with Crippen molar-refractivity contribution >= 4 is 44.8 Å². The monoisotopic (exact) mass is 460 g/mol. The Morgan fingerprint density at radius 1 is 1.10 bits per heavy atom. The van der Waals surface area contributed by atoms with Gasteiger partial charge in [0.15, 0.2) is 6.61 Å². The van der Waals surface area contributed by atoms with Crippen LogP contribution in [-0.2, 0) is 9.59 Å². The molecule has 7 nitrogen and oxygen atoms in total. The molecule has 0 atom stereocenters. The molecule has 0 aliphatic heterocycles. The zero-order valence-corrected chi connectivity index (χ0v) is 18.5. The van der Waals surface area contributed by atoms with Gasteiger partial charge < -0.3 is 15.0 Å². The zero-order valence-electron chi connectivity index (χ0n) is 17.0. The largest absolute Gasteiger partial charge is 0.483 e. The van der Waals surface area contributed by atoms with Gasteiger partial charge in [0.2, 0.25) is 5.91 Å². The van der Waals surface area contributed by atoms with E-state index < -0.39 is 5.91 Å². The van der Waals surface area contributed by atoms with Crippen LogP contribution in [-0.4, -0.2) is 38.2 Å². The number of hydrogen-bond acceptors (Lipinski definition) is 5. The highest BCUT2D eigenvalue weighted by molar-refractivity contribution is 9.10. The van der Waals surface area contributed by atoms with Crippen molar-refractivity contribution in [3.63, 3.8) is 0 Å². The van der Waals surface area contributed by atoms with Gasteiger partial charge in [-0.05, 0) is 61.9 Å². The van der Waals surface area contributed by atoms with Crippen LogP contribution < -0.4 is 20.4 Å². The normalized spacial score (nSPS) is 11.0. The fraction of sp³-hybridized carbons (Fsp3) is 0.286. The van der Waals surface area contributed by atoms with Gasteiger partial charge in [-0.3, -0.25) is 9.59 Å². The quantitative estimate of drug-likeness (QED) is 0.464. The fourth-order valence-electron chi connectivity index (χ4n) is 2.43. The maximum Gasteiger partial charge on any atom is 0.277 e. The van der Waals surface area contributed by atoms with Gasteiger partial charge in [-0.2, -0.15) is 5.10 Å². The second-order valence-electron chi connectivity index (χ2n) is 6.75. The van der Waals surface area contributed by atoms with Crippen molar-refractivity contribution < 1.29 is 14.3 Å². The molecule has 0 heterocycles. The molecule has 2 amide bonds. The molecule has 2 aromatic rings. The summed E-state index contributed by atoms with van der Waals surface area (Å²) in [4.78, 5) is 26.0. The summed E-state index contributed by atoms with van der Waals surface area (Å²) in [5.74, 6) is 0.0231. The molecule has 2 rings (SSSR count). The second kappa shape index (κ2) is 10.6. The topological polar surface area (TPSA) is 83.0 Å². The van der Waals surface area contributed by atoms with Crippen LogP contribution in [0, 0.1) is 6.92 Å². The molecular weight excluding hydrogens is 436 g/mol. The van der Waals surface area contributed by atoms with Crippen molar-refractivity contribution in [2.45, 2.75) is 20.3 Å². The predicted molar refractivity (Wildman–Crippen MR) is 120 cm³/mol. The van der Waals surface area contributed by atoms with Crippen LogP contribution in [0.25, 0.3) is 0 Å². The molecule has 0 aliphatic carbocycles. The van der Waals surface area contributed by atoms with Crippen molar-refractivity contribution in [1.29, 1.82) is 0 Å². The Labute approximate surface area is 179 Å². The number of nitrogens with zero attached hydrogens (tertiary/aromatic N) is 2. The molecule has 0 aromatic heterocycles. The van der Waals surface area contributed by atoms with Gasteiger partial charge in [0, 0.05) is 35.7 Å². The van der Waals surface area contributed by atoms with Crippen molar-refractivity contribution in [2.24, 2.45) is 5.10 Å². The number of hydrazone groups is 1. The molecule has 0 spiro atoms. The molecule has 29 heavy (non-hydrogen) atoms. The zero-order chi connectivity index (χ0) is 21.4. The van der Waals surface area contributed by atoms with E-state index in [2.05, 4.69) is 31.8 Å². The summed E-state index contributed by atoms with van der Waals surface area (Å²) < 4.78 is 6.43. The highest BCUT2D eigenvalue weighted by Crippen LogP contribution is 2.22. The smallest absolute Gasteiger partial charge is 0.277 e. The molecule has 0 saturated carbocycles. The first-order valence-electron chi connectivity index (χ1n) is 9.03. The van der Waals surface area contributed by atoms with Crippen LogP contribution in [0.15, 0.2) is 52.0 Å². The van der Waals surface area contributed by atoms with Gasteiger partial charge in [0.25, 0.3) is 5.91 Å². The summed E-state index contributed by atoms with van der Waals surface area (Å²) in [6, 6.07) is 13.0. The molecule has 0 fully saturated rings. The Morgan fingerprint density at radius 3 is 2.41 bits per heavy atom. The molecule has 2 N–H and O–H groups in total. The predicted octanol–water partition coefficient (Wildman–Crippen LogP) is 3.72. The van der Waals surface area contributed by atoms with Crippen molar-refractivity contribution in [2.75, 3.05) is 30.9 Å². The average Bonchev–Trinajstić information content (AvgIpc) is 2.66. The third-order valence-corrected chi connectivity index (χ3v) is 4.44. The first-order valence-corrected chi connectivity index (χ1v) is 9.82. The van der Waals surface area contributed by atoms with Crippen molar-refractivity contribution in [3.05, 3.63) is 52.5 Å². The number of ether oxygens (including phenoxy) is 1. The summed E-state index contributed by atoms with van der Waals surface area (Å²) in [5, 5.41) is 6.76. The van der Waals surface area contributed by atoms with Crippen molar-refractivity contribution in [1.82, 2.24) is 5.43 Å². The van der Waals surface area contributed by atoms with Gasteiger partial charge in [0.05, 0.1) is 6.42 Å². The summed E-state index contributed by atoms with van der Waals surface area (Å²) >= 11 is 3.38. The number of amides is 2. The number of nitrogens with one attached hydrogen (secondary N) is 2. The van der Waals surface area contributed by atoms with Crippen LogP contribution in [0.5, 0.6) is 5.75 Å². The average molecular weight is 461 g/mol. The SMILES string of the molecule is C/C(CC(=O)Nc1ccc(N(C)C)cc1)=N\NC(=O)COc1ccc(Br)cc1C. The first kappa shape index (κ1) is 22.4.